The summed E-state index contributed by atoms with van der Waals surface area (Å²) in [5, 5.41) is 13.3. The molecule has 0 bridgehead atoms. The van der Waals surface area contributed by atoms with Crippen molar-refractivity contribution in [1.82, 2.24) is 19.6 Å². The second-order valence-corrected chi connectivity index (χ2v) is 4.18. The highest BCUT2D eigenvalue weighted by Gasteiger charge is 2.08. The van der Waals surface area contributed by atoms with E-state index in [0.717, 1.165) is 5.56 Å². The van der Waals surface area contributed by atoms with E-state index in [2.05, 4.69) is 15.1 Å². The third-order valence-corrected chi connectivity index (χ3v) is 2.71. The molecule has 96 valence electrons. The smallest absolute Gasteiger partial charge is 0.256 e. The second-order valence-electron chi connectivity index (χ2n) is 3.79. The molecule has 0 amide bonds. The van der Waals surface area contributed by atoms with Gasteiger partial charge in [-0.2, -0.15) is 19.6 Å². The van der Waals surface area contributed by atoms with Gasteiger partial charge in [0.15, 0.2) is 0 Å². The Morgan fingerprint density at radius 1 is 1.26 bits per heavy atom. The van der Waals surface area contributed by atoms with Gasteiger partial charge in [0.25, 0.3) is 5.78 Å². The van der Waals surface area contributed by atoms with Crippen molar-refractivity contribution in [2.75, 3.05) is 0 Å². The summed E-state index contributed by atoms with van der Waals surface area (Å²) in [5.41, 5.74) is 0.811. The Bertz CT molecular complexity index is 711. The quantitative estimate of drug-likeness (QED) is 0.741. The summed E-state index contributed by atoms with van der Waals surface area (Å²) in [5.74, 6) is 1.40. The van der Waals surface area contributed by atoms with E-state index >= 15 is 0 Å². The van der Waals surface area contributed by atoms with E-state index in [1.54, 1.807) is 30.3 Å². The minimum atomic E-state index is -0.00527. The third-order valence-electron chi connectivity index (χ3n) is 2.52. The molecule has 0 saturated heterocycles. The lowest BCUT2D eigenvalue weighted by Gasteiger charge is -2.07. The number of halogens is 1. The second kappa shape index (κ2) is 4.83. The maximum atomic E-state index is 8.98. The van der Waals surface area contributed by atoms with Crippen LogP contribution in [0.25, 0.3) is 5.78 Å². The molecule has 0 atom stereocenters. The number of fused-ring (bicyclic) bond motifs is 1. The molecule has 0 saturated carbocycles. The molecule has 0 unspecified atom stereocenters. The average molecular weight is 277 g/mol. The average Bonchev–Trinajstić information content (AvgIpc) is 2.88. The fourth-order valence-electron chi connectivity index (χ4n) is 1.61. The summed E-state index contributed by atoms with van der Waals surface area (Å²) in [6, 6.07) is 8.61. The number of hydrogen-bond acceptors (Lipinski definition) is 5. The van der Waals surface area contributed by atoms with E-state index < -0.39 is 0 Å². The van der Waals surface area contributed by atoms with Crippen LogP contribution in [-0.4, -0.2) is 24.7 Å². The number of aromatic nitrogens is 4. The number of rotatable bonds is 3. The number of ether oxygens (including phenoxy) is 1. The third kappa shape index (κ3) is 2.35. The van der Waals surface area contributed by atoms with Crippen molar-refractivity contribution in [3.8, 4) is 11.6 Å². The van der Waals surface area contributed by atoms with Crippen LogP contribution < -0.4 is 4.74 Å². The largest absolute Gasteiger partial charge is 0.439 e. The van der Waals surface area contributed by atoms with Gasteiger partial charge < -0.3 is 9.84 Å². The minimum absolute atomic E-state index is 0.00527. The fraction of sp³-hybridized carbons (Fsp3) is 0.0833. The zero-order valence-electron chi connectivity index (χ0n) is 9.69. The molecule has 2 heterocycles. The van der Waals surface area contributed by atoms with Crippen LogP contribution in [0.2, 0.25) is 5.15 Å². The first-order valence-electron chi connectivity index (χ1n) is 5.50. The van der Waals surface area contributed by atoms with E-state index in [9.17, 15) is 0 Å². The van der Waals surface area contributed by atoms with Crippen LogP contribution in [0.4, 0.5) is 0 Å². The molecular weight excluding hydrogens is 268 g/mol. The fourth-order valence-corrected chi connectivity index (χ4v) is 1.78. The van der Waals surface area contributed by atoms with Crippen molar-refractivity contribution in [1.29, 1.82) is 0 Å². The molecule has 7 heteroatoms. The lowest BCUT2D eigenvalue weighted by molar-refractivity contribution is 0.281. The lowest BCUT2D eigenvalue weighted by atomic mass is 10.2. The van der Waals surface area contributed by atoms with Crippen LogP contribution in [-0.2, 0) is 6.61 Å². The number of nitrogens with zero attached hydrogens (tertiary/aromatic N) is 4. The summed E-state index contributed by atoms with van der Waals surface area (Å²) >= 11 is 5.89. The molecule has 19 heavy (non-hydrogen) atoms. The van der Waals surface area contributed by atoms with E-state index in [4.69, 9.17) is 21.4 Å². The van der Waals surface area contributed by atoms with Gasteiger partial charge in [0.2, 0.25) is 5.88 Å². The highest BCUT2D eigenvalue weighted by molar-refractivity contribution is 6.29. The van der Waals surface area contributed by atoms with E-state index in [1.165, 1.54) is 10.8 Å². The monoisotopic (exact) mass is 276 g/mol. The molecule has 1 aromatic carbocycles. The Morgan fingerprint density at radius 2 is 2.05 bits per heavy atom. The van der Waals surface area contributed by atoms with Gasteiger partial charge in [0.05, 0.1) is 6.61 Å². The van der Waals surface area contributed by atoms with Crippen molar-refractivity contribution < 1.29 is 9.84 Å². The van der Waals surface area contributed by atoms with Crippen molar-refractivity contribution in [2.45, 2.75) is 6.61 Å². The summed E-state index contributed by atoms with van der Waals surface area (Å²) in [7, 11) is 0. The van der Waals surface area contributed by atoms with Crippen LogP contribution in [0.1, 0.15) is 5.56 Å². The molecule has 6 nitrogen and oxygen atoms in total. The molecular formula is C12H9ClN4O2. The summed E-state index contributed by atoms with van der Waals surface area (Å²) in [4.78, 5) is 7.96. The highest BCUT2D eigenvalue weighted by Crippen LogP contribution is 2.23. The van der Waals surface area contributed by atoms with Crippen LogP contribution in [0, 0.1) is 0 Å². The summed E-state index contributed by atoms with van der Waals surface area (Å²) in [6.45, 7) is -0.00527. The maximum absolute atomic E-state index is 8.98. The predicted molar refractivity (Wildman–Crippen MR) is 68.2 cm³/mol. The first-order chi connectivity index (χ1) is 9.26. The zero-order chi connectivity index (χ0) is 13.2. The normalized spacial score (nSPS) is 10.8. The van der Waals surface area contributed by atoms with E-state index in [-0.39, 0.29) is 11.8 Å². The van der Waals surface area contributed by atoms with Gasteiger partial charge in [-0.1, -0.05) is 23.7 Å². The van der Waals surface area contributed by atoms with Crippen LogP contribution in [0.5, 0.6) is 11.6 Å². The topological polar surface area (TPSA) is 72.5 Å². The molecule has 1 N–H and O–H groups in total. The molecule has 0 aliphatic heterocycles. The molecule has 3 rings (SSSR count). The number of hydrogen-bond donors (Lipinski definition) is 1. The predicted octanol–water partition coefficient (Wildman–Crippen LogP) is 2.06. The van der Waals surface area contributed by atoms with Gasteiger partial charge in [0.1, 0.15) is 17.2 Å². The molecule has 2 aromatic heterocycles. The standard InChI is InChI=1S/C12H9ClN4O2/c13-10-5-11(17-12(16-10)14-7-15-17)19-9-3-1-8(6-18)2-4-9/h1-5,7,18H,6H2. The molecule has 0 aliphatic carbocycles. The first-order valence-corrected chi connectivity index (χ1v) is 5.88. The number of aliphatic hydroxyl groups excluding tert-OH is 1. The first kappa shape index (κ1) is 11.9. The van der Waals surface area contributed by atoms with Gasteiger partial charge >= 0.3 is 0 Å². The Kier molecular flexibility index (Phi) is 3.02. The molecule has 0 fully saturated rings. The number of benzene rings is 1. The highest BCUT2D eigenvalue weighted by atomic mass is 35.5. The van der Waals surface area contributed by atoms with Gasteiger partial charge in [-0.15, -0.1) is 0 Å². The Hall–Kier alpha value is -2.18. The lowest BCUT2D eigenvalue weighted by Crippen LogP contribution is -1.98. The molecule has 3 aromatic rings. The number of aliphatic hydroxyl groups is 1. The van der Waals surface area contributed by atoms with Crippen LogP contribution >= 0.6 is 11.6 Å². The van der Waals surface area contributed by atoms with Gasteiger partial charge in [-0.3, -0.25) is 0 Å². The van der Waals surface area contributed by atoms with Crippen LogP contribution in [0.3, 0.4) is 0 Å². The van der Waals surface area contributed by atoms with Gasteiger partial charge in [-0.05, 0) is 17.7 Å². The Balaban J connectivity index is 1.97. The van der Waals surface area contributed by atoms with Crippen LogP contribution in [0.15, 0.2) is 36.7 Å². The van der Waals surface area contributed by atoms with E-state index in [0.29, 0.717) is 17.4 Å². The van der Waals surface area contributed by atoms with Crippen molar-refractivity contribution in [3.63, 3.8) is 0 Å². The molecule has 0 aliphatic rings. The van der Waals surface area contributed by atoms with E-state index in [1.807, 2.05) is 0 Å². The van der Waals surface area contributed by atoms with Crippen molar-refractivity contribution >= 4 is 17.4 Å². The van der Waals surface area contributed by atoms with Crippen molar-refractivity contribution in [3.05, 3.63) is 47.4 Å². The summed E-state index contributed by atoms with van der Waals surface area (Å²) in [6.07, 6.45) is 1.38. The zero-order valence-corrected chi connectivity index (χ0v) is 10.4. The maximum Gasteiger partial charge on any atom is 0.256 e. The minimum Gasteiger partial charge on any atom is -0.439 e. The van der Waals surface area contributed by atoms with Crippen molar-refractivity contribution in [2.24, 2.45) is 0 Å². The SMILES string of the molecule is OCc1ccc(Oc2cc(Cl)nc3ncnn23)cc1. The summed E-state index contributed by atoms with van der Waals surface area (Å²) < 4.78 is 7.13. The Morgan fingerprint density at radius 3 is 2.79 bits per heavy atom. The Labute approximate surface area is 113 Å². The molecule has 0 spiro atoms. The van der Waals surface area contributed by atoms with Gasteiger partial charge in [0, 0.05) is 6.07 Å². The van der Waals surface area contributed by atoms with Gasteiger partial charge in [-0.25, -0.2) is 0 Å². The molecule has 0 radical (unpaired) electrons.